The molecule has 1 heterocycles. The Morgan fingerprint density at radius 1 is 1.28 bits per heavy atom. The second-order valence-electron chi connectivity index (χ2n) is 6.01. The molecule has 0 saturated carbocycles. The maximum atomic E-state index is 12.2. The Morgan fingerprint density at radius 2 is 1.96 bits per heavy atom. The number of carbonyl (C=O) groups is 2. The van der Waals surface area contributed by atoms with Crippen molar-refractivity contribution in [2.45, 2.75) is 39.3 Å². The topological polar surface area (TPSA) is 127 Å². The van der Waals surface area contributed by atoms with Crippen molar-refractivity contribution in [3.63, 3.8) is 0 Å². The zero-order valence-corrected chi connectivity index (χ0v) is 14.2. The van der Waals surface area contributed by atoms with Crippen molar-refractivity contribution in [1.82, 2.24) is 14.9 Å². The number of amides is 2. The lowest BCUT2D eigenvalue weighted by Gasteiger charge is -2.21. The van der Waals surface area contributed by atoms with Crippen LogP contribution < -0.4 is 22.3 Å². The number of fused-ring (bicyclic) bond motifs is 1. The molecule has 2 rings (SSSR count). The highest BCUT2D eigenvalue weighted by atomic mass is 16.2. The van der Waals surface area contributed by atoms with Gasteiger partial charge in [-0.2, -0.15) is 0 Å². The quantitative estimate of drug-likeness (QED) is 0.657. The largest absolute Gasteiger partial charge is 0.368 e. The highest BCUT2D eigenvalue weighted by molar-refractivity contribution is 5.86. The van der Waals surface area contributed by atoms with Crippen LogP contribution in [0.2, 0.25) is 0 Å². The number of nitrogens with one attached hydrogen (secondary N) is 2. The molecule has 0 saturated heterocycles. The van der Waals surface area contributed by atoms with E-state index in [1.165, 1.54) is 4.57 Å². The number of hydrogen-bond donors (Lipinski definition) is 3. The van der Waals surface area contributed by atoms with E-state index in [2.05, 4.69) is 10.3 Å². The van der Waals surface area contributed by atoms with E-state index in [4.69, 9.17) is 5.73 Å². The van der Waals surface area contributed by atoms with Gasteiger partial charge in [0.2, 0.25) is 11.8 Å². The van der Waals surface area contributed by atoms with E-state index < -0.39 is 23.2 Å². The maximum absolute atomic E-state index is 12.2. The van der Waals surface area contributed by atoms with Gasteiger partial charge in [0.15, 0.2) is 0 Å². The van der Waals surface area contributed by atoms with Crippen molar-refractivity contribution in [3.05, 3.63) is 45.1 Å². The van der Waals surface area contributed by atoms with Crippen molar-refractivity contribution < 1.29 is 9.59 Å². The van der Waals surface area contributed by atoms with E-state index in [-0.39, 0.29) is 24.8 Å². The Hall–Kier alpha value is -2.90. The molecule has 0 bridgehead atoms. The number of carbonyl (C=O) groups excluding carboxylic acids is 2. The molecule has 134 valence electrons. The molecule has 2 unspecified atom stereocenters. The Balaban J connectivity index is 2.18. The third-order valence-corrected chi connectivity index (χ3v) is 4.30. The molecule has 1 aromatic carbocycles. The predicted molar refractivity (Wildman–Crippen MR) is 94.0 cm³/mol. The van der Waals surface area contributed by atoms with Crippen LogP contribution in [0, 0.1) is 5.92 Å². The molecule has 0 aliphatic heterocycles. The predicted octanol–water partition coefficient (Wildman–Crippen LogP) is 0.0961. The fourth-order valence-electron chi connectivity index (χ4n) is 2.65. The average Bonchev–Trinajstić information content (AvgIpc) is 2.58. The van der Waals surface area contributed by atoms with Crippen molar-refractivity contribution in [2.75, 3.05) is 0 Å². The summed E-state index contributed by atoms with van der Waals surface area (Å²) < 4.78 is 1.33. The molecule has 1 aromatic heterocycles. The summed E-state index contributed by atoms with van der Waals surface area (Å²) in [5.41, 5.74) is 4.75. The number of benzene rings is 1. The monoisotopic (exact) mass is 346 g/mol. The van der Waals surface area contributed by atoms with Gasteiger partial charge in [-0.3, -0.25) is 23.9 Å². The van der Waals surface area contributed by atoms with Gasteiger partial charge in [-0.25, -0.2) is 4.79 Å². The highest BCUT2D eigenvalue weighted by Crippen LogP contribution is 2.09. The van der Waals surface area contributed by atoms with Crippen LogP contribution in [0.25, 0.3) is 10.9 Å². The van der Waals surface area contributed by atoms with Crippen LogP contribution in [0.4, 0.5) is 0 Å². The van der Waals surface area contributed by atoms with E-state index >= 15 is 0 Å². The number of H-pyrrole nitrogens is 1. The summed E-state index contributed by atoms with van der Waals surface area (Å²) in [5, 5.41) is 2.99. The lowest BCUT2D eigenvalue weighted by atomic mass is 9.98. The first-order valence-electron chi connectivity index (χ1n) is 8.15. The zero-order valence-electron chi connectivity index (χ0n) is 14.2. The number of rotatable bonds is 7. The molecule has 0 radical (unpaired) electrons. The SMILES string of the molecule is CCC(C)C(NC(=O)CCn1c(=O)[nH]c(=O)c2ccccc21)C(N)=O. The first-order chi connectivity index (χ1) is 11.8. The number of nitrogens with zero attached hydrogens (tertiary/aromatic N) is 1. The summed E-state index contributed by atoms with van der Waals surface area (Å²) in [6.45, 7) is 3.81. The van der Waals surface area contributed by atoms with Crippen LogP contribution >= 0.6 is 0 Å². The van der Waals surface area contributed by atoms with E-state index in [0.717, 1.165) is 0 Å². The van der Waals surface area contributed by atoms with Crippen LogP contribution in [0.3, 0.4) is 0 Å². The Bertz CT molecular complexity index is 899. The standard InChI is InChI=1S/C17H22N4O4/c1-3-10(2)14(15(18)23)19-13(22)8-9-21-12-7-5-4-6-11(12)16(24)20-17(21)25/h4-7,10,14H,3,8-9H2,1-2H3,(H2,18,23)(H,19,22)(H,20,24,25). The fourth-order valence-corrected chi connectivity index (χ4v) is 2.65. The van der Waals surface area contributed by atoms with Crippen LogP contribution in [0.5, 0.6) is 0 Å². The van der Waals surface area contributed by atoms with Crippen LogP contribution in [-0.2, 0) is 16.1 Å². The third-order valence-electron chi connectivity index (χ3n) is 4.30. The summed E-state index contributed by atoms with van der Waals surface area (Å²) in [7, 11) is 0. The minimum absolute atomic E-state index is 0.0177. The van der Waals surface area contributed by atoms with E-state index in [0.29, 0.717) is 17.3 Å². The maximum Gasteiger partial charge on any atom is 0.328 e. The molecule has 25 heavy (non-hydrogen) atoms. The molecule has 2 atom stereocenters. The molecule has 0 spiro atoms. The van der Waals surface area contributed by atoms with E-state index in [9.17, 15) is 19.2 Å². The molecule has 8 nitrogen and oxygen atoms in total. The summed E-state index contributed by atoms with van der Waals surface area (Å²) in [6.07, 6.45) is 0.675. The summed E-state index contributed by atoms with van der Waals surface area (Å²) in [6, 6.07) is 5.92. The number of aromatic amines is 1. The van der Waals surface area contributed by atoms with E-state index in [1.807, 2.05) is 13.8 Å². The van der Waals surface area contributed by atoms with Gasteiger partial charge in [-0.1, -0.05) is 32.4 Å². The van der Waals surface area contributed by atoms with E-state index in [1.54, 1.807) is 24.3 Å². The molecule has 2 amide bonds. The molecule has 0 aliphatic carbocycles. The number of hydrogen-bond acceptors (Lipinski definition) is 4. The Morgan fingerprint density at radius 3 is 2.60 bits per heavy atom. The minimum Gasteiger partial charge on any atom is -0.368 e. The number of primary amides is 1. The van der Waals surface area contributed by atoms with Gasteiger partial charge in [0, 0.05) is 13.0 Å². The lowest BCUT2D eigenvalue weighted by Crippen LogP contribution is -2.48. The van der Waals surface area contributed by atoms with Crippen LogP contribution in [0.1, 0.15) is 26.7 Å². The summed E-state index contributed by atoms with van der Waals surface area (Å²) in [5.74, 6) is -1.06. The van der Waals surface area contributed by atoms with Gasteiger partial charge in [-0.05, 0) is 18.1 Å². The molecular formula is C17H22N4O4. The van der Waals surface area contributed by atoms with Gasteiger partial charge >= 0.3 is 5.69 Å². The first kappa shape index (κ1) is 18.4. The van der Waals surface area contributed by atoms with Gasteiger partial charge in [0.25, 0.3) is 5.56 Å². The third kappa shape index (κ3) is 4.14. The highest BCUT2D eigenvalue weighted by Gasteiger charge is 2.23. The van der Waals surface area contributed by atoms with Gasteiger partial charge < -0.3 is 11.1 Å². The second-order valence-corrected chi connectivity index (χ2v) is 6.01. The van der Waals surface area contributed by atoms with Gasteiger partial charge in [0.05, 0.1) is 10.9 Å². The fraction of sp³-hybridized carbons (Fsp3) is 0.412. The summed E-state index contributed by atoms with van der Waals surface area (Å²) >= 11 is 0. The van der Waals surface area contributed by atoms with Crippen molar-refractivity contribution in [2.24, 2.45) is 11.7 Å². The van der Waals surface area contributed by atoms with Crippen molar-refractivity contribution in [3.8, 4) is 0 Å². The molecule has 8 heteroatoms. The molecule has 0 fully saturated rings. The molecule has 2 aromatic rings. The van der Waals surface area contributed by atoms with Gasteiger partial charge in [-0.15, -0.1) is 0 Å². The Kier molecular flexibility index (Phi) is 5.74. The van der Waals surface area contributed by atoms with Crippen molar-refractivity contribution >= 4 is 22.7 Å². The van der Waals surface area contributed by atoms with Crippen molar-refractivity contribution in [1.29, 1.82) is 0 Å². The average molecular weight is 346 g/mol. The zero-order chi connectivity index (χ0) is 18.6. The smallest absolute Gasteiger partial charge is 0.328 e. The number of aromatic nitrogens is 2. The first-order valence-corrected chi connectivity index (χ1v) is 8.15. The Labute approximate surface area is 144 Å². The van der Waals surface area contributed by atoms with Gasteiger partial charge in [0.1, 0.15) is 6.04 Å². The lowest BCUT2D eigenvalue weighted by molar-refractivity contribution is -0.128. The number of nitrogens with two attached hydrogens (primary N) is 1. The summed E-state index contributed by atoms with van der Waals surface area (Å²) in [4.78, 5) is 49.8. The number of para-hydroxylation sites is 1. The normalized spacial score (nSPS) is 13.4. The second kappa shape index (κ2) is 7.78. The minimum atomic E-state index is -0.749. The molecular weight excluding hydrogens is 324 g/mol. The molecule has 0 aliphatic rings. The number of aryl methyl sites for hydroxylation is 1. The molecule has 4 N–H and O–H groups in total. The van der Waals surface area contributed by atoms with Crippen LogP contribution in [-0.4, -0.2) is 27.4 Å². The van der Waals surface area contributed by atoms with Crippen LogP contribution in [0.15, 0.2) is 33.9 Å².